The predicted molar refractivity (Wildman–Crippen MR) is 76.7 cm³/mol. The van der Waals surface area contributed by atoms with Gasteiger partial charge in [0.2, 0.25) is 0 Å². The molecule has 0 aromatic heterocycles. The van der Waals surface area contributed by atoms with E-state index in [0.717, 1.165) is 6.07 Å². The number of carbonyl (C=O) groups is 2. The third-order valence-corrected chi connectivity index (χ3v) is 3.73. The van der Waals surface area contributed by atoms with Gasteiger partial charge in [0.1, 0.15) is 11.9 Å². The molecule has 1 fully saturated rings. The summed E-state index contributed by atoms with van der Waals surface area (Å²) in [4.78, 5) is 23.2. The first-order valence-corrected chi connectivity index (χ1v) is 7.11. The minimum absolute atomic E-state index is 0.0164. The maximum atomic E-state index is 13.6. The molecule has 1 aromatic carbocycles. The molecule has 23 heavy (non-hydrogen) atoms. The van der Waals surface area contributed by atoms with Crippen LogP contribution in [0.3, 0.4) is 0 Å². The van der Waals surface area contributed by atoms with Crippen LogP contribution in [0, 0.1) is 5.82 Å². The van der Waals surface area contributed by atoms with Gasteiger partial charge in [-0.05, 0) is 19.0 Å². The number of anilines is 1. The highest BCUT2D eigenvalue weighted by molar-refractivity contribution is 5.92. The van der Waals surface area contributed by atoms with Crippen LogP contribution in [-0.4, -0.2) is 42.5 Å². The van der Waals surface area contributed by atoms with Crippen LogP contribution in [0.4, 0.5) is 14.9 Å². The topological polar surface area (TPSA) is 109 Å². The number of nitrogens with one attached hydrogen (secondary N) is 3. The third kappa shape index (κ3) is 3.35. The van der Waals surface area contributed by atoms with Crippen molar-refractivity contribution in [2.24, 2.45) is 0 Å². The highest BCUT2D eigenvalue weighted by atomic mass is 19.1. The van der Waals surface area contributed by atoms with Gasteiger partial charge < -0.3 is 30.5 Å². The van der Waals surface area contributed by atoms with E-state index in [0.29, 0.717) is 24.3 Å². The van der Waals surface area contributed by atoms with Crippen LogP contribution in [0.15, 0.2) is 12.1 Å². The lowest BCUT2D eigenvalue weighted by Gasteiger charge is -2.22. The number of benzene rings is 1. The van der Waals surface area contributed by atoms with E-state index in [1.807, 2.05) is 0 Å². The highest BCUT2D eigenvalue weighted by Crippen LogP contribution is 2.33. The summed E-state index contributed by atoms with van der Waals surface area (Å²) in [6.45, 7) is 0.706. The Morgan fingerprint density at radius 1 is 1.39 bits per heavy atom. The van der Waals surface area contributed by atoms with E-state index < -0.39 is 29.9 Å². The van der Waals surface area contributed by atoms with Crippen molar-refractivity contribution < 1.29 is 28.6 Å². The van der Waals surface area contributed by atoms with Gasteiger partial charge in [0.15, 0.2) is 12.5 Å². The Balaban J connectivity index is 1.71. The second-order valence-electron chi connectivity index (χ2n) is 5.32. The lowest BCUT2D eigenvalue weighted by atomic mass is 10.1. The van der Waals surface area contributed by atoms with Gasteiger partial charge in [0.05, 0.1) is 18.3 Å². The van der Waals surface area contributed by atoms with E-state index in [1.54, 1.807) is 0 Å². The predicted octanol–water partition coefficient (Wildman–Crippen LogP) is 0.629. The van der Waals surface area contributed by atoms with Crippen molar-refractivity contribution in [3.8, 4) is 5.75 Å². The zero-order valence-electron chi connectivity index (χ0n) is 12.1. The number of hydrogen-bond donors (Lipinski definition) is 4. The van der Waals surface area contributed by atoms with E-state index >= 15 is 0 Å². The molecule has 2 amide bonds. The van der Waals surface area contributed by atoms with Crippen LogP contribution in [0.5, 0.6) is 5.75 Å². The van der Waals surface area contributed by atoms with E-state index in [4.69, 9.17) is 14.6 Å². The SMILES string of the molecule is O=C(Nc1cc(F)cc2c1OCOC2)NC1CCN[C@@H]1C(=O)O. The molecule has 8 nitrogen and oxygen atoms in total. The van der Waals surface area contributed by atoms with Crippen LogP contribution in [0.25, 0.3) is 0 Å². The van der Waals surface area contributed by atoms with E-state index in [9.17, 15) is 14.0 Å². The number of ether oxygens (including phenoxy) is 2. The highest BCUT2D eigenvalue weighted by Gasteiger charge is 2.33. The molecule has 0 aliphatic carbocycles. The molecule has 2 heterocycles. The van der Waals surface area contributed by atoms with Gasteiger partial charge in [-0.3, -0.25) is 4.79 Å². The summed E-state index contributed by atoms with van der Waals surface area (Å²) in [6.07, 6.45) is 0.496. The Labute approximate surface area is 130 Å². The number of fused-ring (bicyclic) bond motifs is 1. The van der Waals surface area contributed by atoms with Crippen molar-refractivity contribution in [2.45, 2.75) is 25.1 Å². The number of hydrogen-bond acceptors (Lipinski definition) is 5. The van der Waals surface area contributed by atoms with Crippen LogP contribution >= 0.6 is 0 Å². The summed E-state index contributed by atoms with van der Waals surface area (Å²) >= 11 is 0. The Kier molecular flexibility index (Phi) is 4.30. The van der Waals surface area contributed by atoms with Crippen LogP contribution in [0.1, 0.15) is 12.0 Å². The van der Waals surface area contributed by atoms with Gasteiger partial charge in [-0.15, -0.1) is 0 Å². The van der Waals surface area contributed by atoms with E-state index in [1.165, 1.54) is 6.07 Å². The Bertz CT molecular complexity index is 639. The molecule has 1 saturated heterocycles. The average Bonchev–Trinajstić information content (AvgIpc) is 2.95. The van der Waals surface area contributed by atoms with Gasteiger partial charge in [-0.2, -0.15) is 0 Å². The quantitative estimate of drug-likeness (QED) is 0.649. The molecule has 2 aliphatic heterocycles. The summed E-state index contributed by atoms with van der Waals surface area (Å²) in [7, 11) is 0. The fraction of sp³-hybridized carbons (Fsp3) is 0.429. The maximum absolute atomic E-state index is 13.6. The first-order chi connectivity index (χ1) is 11.0. The lowest BCUT2D eigenvalue weighted by Crippen LogP contribution is -2.49. The number of carboxylic acids is 1. The van der Waals surface area contributed by atoms with Crippen molar-refractivity contribution in [1.29, 1.82) is 0 Å². The Morgan fingerprint density at radius 2 is 2.22 bits per heavy atom. The molecule has 4 N–H and O–H groups in total. The molecule has 0 saturated carbocycles. The molecule has 2 aliphatic rings. The number of carboxylic acid groups (broad SMARTS) is 1. The van der Waals surface area contributed by atoms with Gasteiger partial charge in [-0.1, -0.05) is 0 Å². The second-order valence-corrected chi connectivity index (χ2v) is 5.32. The summed E-state index contributed by atoms with van der Waals surface area (Å²) < 4.78 is 24.0. The van der Waals surface area contributed by atoms with Crippen molar-refractivity contribution in [2.75, 3.05) is 18.7 Å². The Morgan fingerprint density at radius 3 is 3.00 bits per heavy atom. The van der Waals surface area contributed by atoms with Crippen molar-refractivity contribution in [3.63, 3.8) is 0 Å². The monoisotopic (exact) mass is 325 g/mol. The molecule has 124 valence electrons. The number of amides is 2. The number of carbonyl (C=O) groups excluding carboxylic acids is 1. The zero-order chi connectivity index (χ0) is 16.4. The first kappa shape index (κ1) is 15.5. The molecule has 9 heteroatoms. The number of urea groups is 1. The molecule has 0 spiro atoms. The van der Waals surface area contributed by atoms with Crippen LogP contribution < -0.4 is 20.7 Å². The molecular formula is C14H16FN3O5. The number of halogens is 1. The zero-order valence-corrected chi connectivity index (χ0v) is 12.1. The largest absolute Gasteiger partial charge is 0.480 e. The molecule has 1 aromatic rings. The minimum Gasteiger partial charge on any atom is -0.480 e. The van der Waals surface area contributed by atoms with Gasteiger partial charge in [-0.25, -0.2) is 9.18 Å². The fourth-order valence-electron chi connectivity index (χ4n) is 2.72. The van der Waals surface area contributed by atoms with Gasteiger partial charge in [0, 0.05) is 11.6 Å². The first-order valence-electron chi connectivity index (χ1n) is 7.11. The van der Waals surface area contributed by atoms with Crippen molar-refractivity contribution in [3.05, 3.63) is 23.5 Å². The average molecular weight is 325 g/mol. The molecule has 3 rings (SSSR count). The van der Waals surface area contributed by atoms with Crippen molar-refractivity contribution in [1.82, 2.24) is 10.6 Å². The lowest BCUT2D eigenvalue weighted by molar-refractivity contribution is -0.139. The van der Waals surface area contributed by atoms with Crippen molar-refractivity contribution >= 4 is 17.7 Å². The summed E-state index contributed by atoms with van der Waals surface area (Å²) in [6, 6.07) is 0.422. The number of rotatable bonds is 3. The summed E-state index contributed by atoms with van der Waals surface area (Å²) in [5, 5.41) is 16.9. The third-order valence-electron chi connectivity index (χ3n) is 3.73. The van der Waals surface area contributed by atoms with E-state index in [-0.39, 0.29) is 19.1 Å². The molecule has 2 atom stereocenters. The second kappa shape index (κ2) is 6.39. The standard InChI is InChI=1S/C14H16FN3O5/c15-8-3-7-5-22-6-23-12(7)10(4-8)18-14(21)17-9-1-2-16-11(9)13(19)20/h3-4,9,11,16H,1-2,5-6H2,(H,19,20)(H2,17,18,21)/t9?,11-/m0/s1. The normalized spacial score (nSPS) is 22.8. The van der Waals surface area contributed by atoms with E-state index in [2.05, 4.69) is 16.0 Å². The summed E-state index contributed by atoms with van der Waals surface area (Å²) in [5.41, 5.74) is 0.677. The number of aliphatic carboxylic acids is 1. The summed E-state index contributed by atoms with van der Waals surface area (Å²) in [5.74, 6) is -1.21. The smallest absolute Gasteiger partial charge is 0.322 e. The van der Waals surface area contributed by atoms with Gasteiger partial charge in [0.25, 0.3) is 0 Å². The fourth-order valence-corrected chi connectivity index (χ4v) is 2.72. The van der Waals surface area contributed by atoms with Crippen LogP contribution in [-0.2, 0) is 16.1 Å². The maximum Gasteiger partial charge on any atom is 0.322 e. The molecule has 1 unspecified atom stereocenters. The minimum atomic E-state index is -1.03. The molecular weight excluding hydrogens is 309 g/mol. The van der Waals surface area contributed by atoms with Gasteiger partial charge >= 0.3 is 12.0 Å². The Hall–Kier alpha value is -2.39. The van der Waals surface area contributed by atoms with Crippen LogP contribution in [0.2, 0.25) is 0 Å². The molecule has 0 bridgehead atoms. The molecule has 0 radical (unpaired) electrons.